The van der Waals surface area contributed by atoms with Crippen LogP contribution in [0.1, 0.15) is 19.3 Å². The Morgan fingerprint density at radius 1 is 1.36 bits per heavy atom. The first-order chi connectivity index (χ1) is 12.1. The highest BCUT2D eigenvalue weighted by atomic mass is 79.9. The molecule has 0 aliphatic carbocycles. The third-order valence-electron chi connectivity index (χ3n) is 3.71. The van der Waals surface area contributed by atoms with E-state index >= 15 is 0 Å². The van der Waals surface area contributed by atoms with Gasteiger partial charge in [0.25, 0.3) is 5.22 Å². The second-order valence-corrected chi connectivity index (χ2v) is 7.33. The standard InChI is InChI=1S/C16H17BrN4O3S/c17-11-6-2-1-5-10(11)15-20-21-16(24-15)25-9-13(22)19-12-7-3-4-8-18-14(12)23/h1-2,5-6,12H,3-4,7-9H2,(H,18,23)(H,19,22). The van der Waals surface area contributed by atoms with Crippen LogP contribution in [0.4, 0.5) is 0 Å². The van der Waals surface area contributed by atoms with Crippen molar-refractivity contribution in [3.8, 4) is 11.5 Å². The molecule has 9 heteroatoms. The Morgan fingerprint density at radius 3 is 3.04 bits per heavy atom. The molecule has 0 bridgehead atoms. The van der Waals surface area contributed by atoms with E-state index in [-0.39, 0.29) is 17.6 Å². The van der Waals surface area contributed by atoms with Crippen LogP contribution in [0, 0.1) is 0 Å². The molecule has 7 nitrogen and oxygen atoms in total. The number of aromatic nitrogens is 2. The number of hydrogen-bond acceptors (Lipinski definition) is 6. The van der Waals surface area contributed by atoms with Gasteiger partial charge in [0.05, 0.1) is 11.3 Å². The summed E-state index contributed by atoms with van der Waals surface area (Å²) in [5.74, 6) is 0.151. The fourth-order valence-corrected chi connectivity index (χ4v) is 3.48. The van der Waals surface area contributed by atoms with E-state index in [2.05, 4.69) is 36.8 Å². The van der Waals surface area contributed by atoms with Crippen LogP contribution in [-0.2, 0) is 9.59 Å². The van der Waals surface area contributed by atoms with Crippen molar-refractivity contribution in [3.05, 3.63) is 28.7 Å². The molecule has 1 unspecified atom stereocenters. The summed E-state index contributed by atoms with van der Waals surface area (Å²) in [4.78, 5) is 23.9. The van der Waals surface area contributed by atoms with Crippen molar-refractivity contribution in [3.63, 3.8) is 0 Å². The number of nitrogens with one attached hydrogen (secondary N) is 2. The number of carbonyl (C=O) groups is 2. The molecule has 1 aromatic heterocycles. The number of amides is 2. The quantitative estimate of drug-likeness (QED) is 0.715. The fraction of sp³-hybridized carbons (Fsp3) is 0.375. The molecule has 1 fully saturated rings. The minimum absolute atomic E-state index is 0.112. The first kappa shape index (κ1) is 17.9. The monoisotopic (exact) mass is 424 g/mol. The van der Waals surface area contributed by atoms with E-state index in [1.165, 1.54) is 0 Å². The first-order valence-electron chi connectivity index (χ1n) is 7.92. The van der Waals surface area contributed by atoms with Crippen molar-refractivity contribution < 1.29 is 14.0 Å². The maximum Gasteiger partial charge on any atom is 0.277 e. The van der Waals surface area contributed by atoms with Gasteiger partial charge in [0.15, 0.2) is 0 Å². The van der Waals surface area contributed by atoms with Crippen LogP contribution in [0.15, 0.2) is 38.4 Å². The predicted octanol–water partition coefficient (Wildman–Crippen LogP) is 2.38. The normalized spacial score (nSPS) is 17.6. The summed E-state index contributed by atoms with van der Waals surface area (Å²) in [6.45, 7) is 0.666. The molecule has 1 aliphatic rings. The van der Waals surface area contributed by atoms with Crippen LogP contribution >= 0.6 is 27.7 Å². The van der Waals surface area contributed by atoms with Gasteiger partial charge in [-0.3, -0.25) is 9.59 Å². The SMILES string of the molecule is O=C(CSc1nnc(-c2ccccc2Br)o1)NC1CCCCNC1=O. The van der Waals surface area contributed by atoms with Crippen molar-refractivity contribution in [2.24, 2.45) is 0 Å². The number of rotatable bonds is 5. The fourth-order valence-electron chi connectivity index (χ4n) is 2.45. The van der Waals surface area contributed by atoms with Crippen molar-refractivity contribution in [2.75, 3.05) is 12.3 Å². The molecule has 2 N–H and O–H groups in total. The van der Waals surface area contributed by atoms with Gasteiger partial charge in [-0.2, -0.15) is 0 Å². The Morgan fingerprint density at radius 2 is 2.20 bits per heavy atom. The van der Waals surface area contributed by atoms with Crippen LogP contribution in [0.2, 0.25) is 0 Å². The third kappa shape index (κ3) is 4.82. The number of hydrogen-bond donors (Lipinski definition) is 2. The average Bonchev–Trinajstić information content (AvgIpc) is 2.98. The van der Waals surface area contributed by atoms with E-state index in [1.807, 2.05) is 24.3 Å². The molecule has 25 heavy (non-hydrogen) atoms. The Kier molecular flexibility index (Phi) is 6.09. The molecule has 132 valence electrons. The van der Waals surface area contributed by atoms with Gasteiger partial charge in [0.2, 0.25) is 17.7 Å². The van der Waals surface area contributed by atoms with Gasteiger partial charge in [0.1, 0.15) is 6.04 Å². The lowest BCUT2D eigenvalue weighted by atomic mass is 10.1. The van der Waals surface area contributed by atoms with E-state index in [4.69, 9.17) is 4.42 Å². The number of halogens is 1. The molecule has 0 spiro atoms. The van der Waals surface area contributed by atoms with E-state index in [0.717, 1.165) is 34.6 Å². The molecule has 2 aromatic rings. The highest BCUT2D eigenvalue weighted by molar-refractivity contribution is 9.10. The molecular formula is C16H17BrN4O3S. The minimum Gasteiger partial charge on any atom is -0.411 e. The molecular weight excluding hydrogens is 408 g/mol. The van der Waals surface area contributed by atoms with E-state index in [1.54, 1.807) is 0 Å². The Bertz CT molecular complexity index is 767. The second kappa shape index (κ2) is 8.48. The molecule has 1 atom stereocenters. The summed E-state index contributed by atoms with van der Waals surface area (Å²) >= 11 is 4.58. The Hall–Kier alpha value is -1.87. The summed E-state index contributed by atoms with van der Waals surface area (Å²) in [5.41, 5.74) is 0.793. The third-order valence-corrected chi connectivity index (χ3v) is 5.22. The molecule has 0 saturated carbocycles. The zero-order valence-electron chi connectivity index (χ0n) is 13.3. The van der Waals surface area contributed by atoms with Gasteiger partial charge >= 0.3 is 0 Å². The van der Waals surface area contributed by atoms with Crippen LogP contribution in [0.25, 0.3) is 11.5 Å². The summed E-state index contributed by atoms with van der Waals surface area (Å²) < 4.78 is 6.44. The number of nitrogens with zero attached hydrogens (tertiary/aromatic N) is 2. The van der Waals surface area contributed by atoms with E-state index in [0.29, 0.717) is 24.1 Å². The highest BCUT2D eigenvalue weighted by Crippen LogP contribution is 2.28. The topological polar surface area (TPSA) is 97.1 Å². The van der Waals surface area contributed by atoms with Crippen LogP contribution < -0.4 is 10.6 Å². The molecule has 1 aromatic carbocycles. The van der Waals surface area contributed by atoms with E-state index < -0.39 is 6.04 Å². The largest absolute Gasteiger partial charge is 0.411 e. The van der Waals surface area contributed by atoms with Crippen LogP contribution in [0.5, 0.6) is 0 Å². The lowest BCUT2D eigenvalue weighted by Gasteiger charge is -2.14. The van der Waals surface area contributed by atoms with Crippen molar-refractivity contribution in [1.29, 1.82) is 0 Å². The number of benzene rings is 1. The van der Waals surface area contributed by atoms with Crippen molar-refractivity contribution >= 4 is 39.5 Å². The van der Waals surface area contributed by atoms with Gasteiger partial charge < -0.3 is 15.1 Å². The lowest BCUT2D eigenvalue weighted by Crippen LogP contribution is -2.46. The van der Waals surface area contributed by atoms with Gasteiger partial charge in [-0.1, -0.05) is 23.9 Å². The predicted molar refractivity (Wildman–Crippen MR) is 96.9 cm³/mol. The van der Waals surface area contributed by atoms with Gasteiger partial charge in [0, 0.05) is 11.0 Å². The Labute approximate surface area is 157 Å². The molecule has 1 saturated heterocycles. The molecule has 1 aliphatic heterocycles. The van der Waals surface area contributed by atoms with Gasteiger partial charge in [-0.15, -0.1) is 10.2 Å². The summed E-state index contributed by atoms with van der Waals surface area (Å²) in [6, 6.07) is 7.06. The summed E-state index contributed by atoms with van der Waals surface area (Å²) in [6.07, 6.45) is 2.51. The zero-order chi connectivity index (χ0) is 17.6. The van der Waals surface area contributed by atoms with Crippen molar-refractivity contribution in [2.45, 2.75) is 30.5 Å². The van der Waals surface area contributed by atoms with Crippen LogP contribution in [0.3, 0.4) is 0 Å². The maximum atomic E-state index is 12.1. The van der Waals surface area contributed by atoms with Gasteiger partial charge in [-0.05, 0) is 47.3 Å². The zero-order valence-corrected chi connectivity index (χ0v) is 15.7. The molecule has 0 radical (unpaired) electrons. The summed E-state index contributed by atoms with van der Waals surface area (Å²) in [7, 11) is 0. The van der Waals surface area contributed by atoms with Gasteiger partial charge in [-0.25, -0.2) is 0 Å². The molecule has 2 heterocycles. The van der Waals surface area contributed by atoms with Crippen LogP contribution in [-0.4, -0.2) is 40.4 Å². The minimum atomic E-state index is -0.464. The number of carbonyl (C=O) groups excluding carboxylic acids is 2. The maximum absolute atomic E-state index is 12.1. The summed E-state index contributed by atoms with van der Waals surface area (Å²) in [5, 5.41) is 13.8. The first-order valence-corrected chi connectivity index (χ1v) is 9.69. The van der Waals surface area contributed by atoms with E-state index in [9.17, 15) is 9.59 Å². The highest BCUT2D eigenvalue weighted by Gasteiger charge is 2.22. The number of thioether (sulfide) groups is 1. The molecule has 3 rings (SSSR count). The lowest BCUT2D eigenvalue weighted by molar-refractivity contribution is -0.127. The smallest absolute Gasteiger partial charge is 0.277 e. The second-order valence-electron chi connectivity index (χ2n) is 5.55. The van der Waals surface area contributed by atoms with Crippen molar-refractivity contribution in [1.82, 2.24) is 20.8 Å². The Balaban J connectivity index is 1.54. The average molecular weight is 425 g/mol. The molecule has 2 amide bonds.